The molecule has 1 N–H and O–H groups in total. The molecule has 3 aromatic rings. The highest BCUT2D eigenvalue weighted by Crippen LogP contribution is 2.25. The molecular formula is C21H18F2N2O3S. The van der Waals surface area contributed by atoms with Gasteiger partial charge in [-0.15, -0.1) is 0 Å². The highest BCUT2D eigenvalue weighted by molar-refractivity contribution is 7.92. The Balaban J connectivity index is 1.81. The third kappa shape index (κ3) is 4.60. The summed E-state index contributed by atoms with van der Waals surface area (Å²) >= 11 is 0. The molecule has 0 fully saturated rings. The van der Waals surface area contributed by atoms with Gasteiger partial charge in [-0.1, -0.05) is 30.3 Å². The van der Waals surface area contributed by atoms with Crippen LogP contribution in [-0.4, -0.2) is 21.4 Å². The Kier molecular flexibility index (Phi) is 5.93. The van der Waals surface area contributed by atoms with E-state index in [1.54, 1.807) is 6.07 Å². The summed E-state index contributed by atoms with van der Waals surface area (Å²) in [5.41, 5.74) is 0.583. The molecular weight excluding hydrogens is 398 g/mol. The summed E-state index contributed by atoms with van der Waals surface area (Å²) in [6, 6.07) is 16.7. The number of nitrogens with zero attached hydrogens (tertiary/aromatic N) is 1. The molecule has 8 heteroatoms. The Hall–Kier alpha value is -3.26. The molecule has 3 rings (SSSR count). The van der Waals surface area contributed by atoms with E-state index in [2.05, 4.69) is 5.32 Å². The second kappa shape index (κ2) is 8.40. The van der Waals surface area contributed by atoms with Crippen LogP contribution in [0.25, 0.3) is 0 Å². The molecule has 5 nitrogen and oxygen atoms in total. The van der Waals surface area contributed by atoms with Crippen LogP contribution in [0.4, 0.5) is 14.5 Å². The van der Waals surface area contributed by atoms with Gasteiger partial charge in [-0.2, -0.15) is 0 Å². The number of hydrogen-bond acceptors (Lipinski definition) is 3. The molecule has 150 valence electrons. The second-order valence-electron chi connectivity index (χ2n) is 6.26. The quantitative estimate of drug-likeness (QED) is 0.666. The van der Waals surface area contributed by atoms with Gasteiger partial charge in [-0.3, -0.25) is 9.10 Å². The fraction of sp³-hybridized carbons (Fsp3) is 0.0952. The van der Waals surface area contributed by atoms with Crippen LogP contribution < -0.4 is 9.62 Å². The Bertz CT molecular complexity index is 1150. The smallest absolute Gasteiger partial charge is 0.264 e. The van der Waals surface area contributed by atoms with Crippen LogP contribution in [0.1, 0.15) is 15.9 Å². The standard InChI is InChI=1S/C21H18F2N2O3S/c1-25(20-11-3-2-10-19(20)23)29(27,28)18-9-5-7-16(13-18)21(26)24-14-15-6-4-8-17(22)12-15/h2-13H,14H2,1H3,(H,24,26). The maximum atomic E-state index is 14.0. The number of carbonyl (C=O) groups is 1. The fourth-order valence-electron chi connectivity index (χ4n) is 2.72. The molecule has 0 saturated carbocycles. The van der Waals surface area contributed by atoms with Gasteiger partial charge in [0, 0.05) is 19.2 Å². The van der Waals surface area contributed by atoms with Crippen molar-refractivity contribution in [2.75, 3.05) is 11.4 Å². The molecule has 0 atom stereocenters. The van der Waals surface area contributed by atoms with Gasteiger partial charge in [-0.05, 0) is 48.0 Å². The van der Waals surface area contributed by atoms with Crippen molar-refractivity contribution in [1.29, 1.82) is 0 Å². The van der Waals surface area contributed by atoms with Crippen LogP contribution in [0.5, 0.6) is 0 Å². The number of nitrogens with one attached hydrogen (secondary N) is 1. The summed E-state index contributed by atoms with van der Waals surface area (Å²) in [5.74, 6) is -1.61. The van der Waals surface area contributed by atoms with Gasteiger partial charge in [0.25, 0.3) is 15.9 Å². The molecule has 0 saturated heterocycles. The SMILES string of the molecule is CN(c1ccccc1F)S(=O)(=O)c1cccc(C(=O)NCc2cccc(F)c2)c1. The molecule has 1 amide bonds. The lowest BCUT2D eigenvalue weighted by atomic mass is 10.2. The first-order valence-corrected chi connectivity index (χ1v) is 10.1. The Morgan fingerprint density at radius 2 is 1.69 bits per heavy atom. The maximum Gasteiger partial charge on any atom is 0.264 e. The molecule has 0 spiro atoms. The van der Waals surface area contributed by atoms with E-state index in [1.165, 1.54) is 67.7 Å². The third-order valence-electron chi connectivity index (χ3n) is 4.29. The van der Waals surface area contributed by atoms with E-state index in [0.29, 0.717) is 5.56 Å². The zero-order chi connectivity index (χ0) is 21.0. The van der Waals surface area contributed by atoms with Crippen molar-refractivity contribution in [3.63, 3.8) is 0 Å². The van der Waals surface area contributed by atoms with Crippen molar-refractivity contribution in [3.05, 3.63) is 95.6 Å². The van der Waals surface area contributed by atoms with E-state index < -0.39 is 27.6 Å². The number of halogens is 2. The van der Waals surface area contributed by atoms with E-state index in [4.69, 9.17) is 0 Å². The first-order valence-electron chi connectivity index (χ1n) is 8.65. The van der Waals surface area contributed by atoms with Crippen LogP contribution in [0, 0.1) is 11.6 Å². The van der Waals surface area contributed by atoms with Crippen molar-refractivity contribution in [3.8, 4) is 0 Å². The van der Waals surface area contributed by atoms with E-state index in [9.17, 15) is 22.0 Å². The number of anilines is 1. The third-order valence-corrected chi connectivity index (χ3v) is 6.06. The van der Waals surface area contributed by atoms with Gasteiger partial charge in [0.2, 0.25) is 0 Å². The summed E-state index contributed by atoms with van der Waals surface area (Å²) in [5, 5.41) is 2.62. The van der Waals surface area contributed by atoms with Crippen molar-refractivity contribution in [2.24, 2.45) is 0 Å². The highest BCUT2D eigenvalue weighted by atomic mass is 32.2. The predicted molar refractivity (Wildman–Crippen MR) is 106 cm³/mol. The van der Waals surface area contributed by atoms with Crippen LogP contribution in [0.2, 0.25) is 0 Å². The van der Waals surface area contributed by atoms with Gasteiger partial charge in [-0.25, -0.2) is 17.2 Å². The number of para-hydroxylation sites is 1. The molecule has 0 bridgehead atoms. The lowest BCUT2D eigenvalue weighted by Gasteiger charge is -2.20. The van der Waals surface area contributed by atoms with Crippen molar-refractivity contribution >= 4 is 21.6 Å². The minimum atomic E-state index is -4.08. The summed E-state index contributed by atoms with van der Waals surface area (Å²) < 4.78 is 53.8. The Labute approximate surface area is 167 Å². The Morgan fingerprint density at radius 1 is 0.966 bits per heavy atom. The largest absolute Gasteiger partial charge is 0.348 e. The van der Waals surface area contributed by atoms with Crippen molar-refractivity contribution in [2.45, 2.75) is 11.4 Å². The van der Waals surface area contributed by atoms with Crippen LogP contribution in [0.15, 0.2) is 77.7 Å². The summed E-state index contributed by atoms with van der Waals surface area (Å²) in [4.78, 5) is 12.3. The van der Waals surface area contributed by atoms with E-state index in [1.807, 2.05) is 0 Å². The van der Waals surface area contributed by atoms with E-state index in [-0.39, 0.29) is 22.7 Å². The van der Waals surface area contributed by atoms with E-state index >= 15 is 0 Å². The molecule has 0 aliphatic rings. The van der Waals surface area contributed by atoms with Gasteiger partial charge in [0.15, 0.2) is 0 Å². The molecule has 0 radical (unpaired) electrons. The molecule has 29 heavy (non-hydrogen) atoms. The highest BCUT2D eigenvalue weighted by Gasteiger charge is 2.24. The minimum absolute atomic E-state index is 0.0860. The summed E-state index contributed by atoms with van der Waals surface area (Å²) in [7, 11) is -2.84. The first-order chi connectivity index (χ1) is 13.8. The molecule has 3 aromatic carbocycles. The number of rotatable bonds is 6. The number of carbonyl (C=O) groups excluding carboxylic acids is 1. The van der Waals surface area contributed by atoms with Gasteiger partial charge in [0.05, 0.1) is 10.6 Å². The molecule has 0 aliphatic carbocycles. The normalized spacial score (nSPS) is 11.1. The van der Waals surface area contributed by atoms with Crippen LogP contribution >= 0.6 is 0 Å². The van der Waals surface area contributed by atoms with Crippen molar-refractivity contribution < 1.29 is 22.0 Å². The molecule has 0 aromatic heterocycles. The van der Waals surface area contributed by atoms with Gasteiger partial charge < -0.3 is 5.32 Å². The minimum Gasteiger partial charge on any atom is -0.348 e. The van der Waals surface area contributed by atoms with Crippen LogP contribution in [-0.2, 0) is 16.6 Å². The zero-order valence-electron chi connectivity index (χ0n) is 15.5. The molecule has 0 unspecified atom stereocenters. The summed E-state index contributed by atoms with van der Waals surface area (Å²) in [6.45, 7) is 0.0860. The lowest BCUT2D eigenvalue weighted by molar-refractivity contribution is 0.0950. The van der Waals surface area contributed by atoms with E-state index in [0.717, 1.165) is 10.4 Å². The second-order valence-corrected chi connectivity index (χ2v) is 8.23. The number of amides is 1. The summed E-state index contributed by atoms with van der Waals surface area (Å²) in [6.07, 6.45) is 0. The topological polar surface area (TPSA) is 66.5 Å². The number of hydrogen-bond donors (Lipinski definition) is 1. The average Bonchev–Trinajstić information content (AvgIpc) is 2.72. The predicted octanol–water partition coefficient (Wildman–Crippen LogP) is 3.72. The Morgan fingerprint density at radius 3 is 2.41 bits per heavy atom. The molecule has 0 heterocycles. The monoisotopic (exact) mass is 416 g/mol. The lowest BCUT2D eigenvalue weighted by Crippen LogP contribution is -2.28. The van der Waals surface area contributed by atoms with Gasteiger partial charge in [0.1, 0.15) is 11.6 Å². The number of benzene rings is 3. The van der Waals surface area contributed by atoms with Crippen LogP contribution in [0.3, 0.4) is 0 Å². The molecule has 0 aliphatic heterocycles. The van der Waals surface area contributed by atoms with Crippen molar-refractivity contribution in [1.82, 2.24) is 5.32 Å². The first kappa shape index (κ1) is 20.5. The average molecular weight is 416 g/mol. The fourth-order valence-corrected chi connectivity index (χ4v) is 3.97. The van der Waals surface area contributed by atoms with Gasteiger partial charge >= 0.3 is 0 Å². The maximum absolute atomic E-state index is 14.0. The number of sulfonamides is 1. The zero-order valence-corrected chi connectivity index (χ0v) is 16.3.